The van der Waals surface area contributed by atoms with Crippen LogP contribution >= 0.6 is 11.3 Å². The molecule has 1 unspecified atom stereocenters. The summed E-state index contributed by atoms with van der Waals surface area (Å²) >= 11 is 1.33. The minimum atomic E-state index is -0.826. The Kier molecular flexibility index (Phi) is 20.0. The first-order chi connectivity index (χ1) is 29.3. The number of thiazole rings is 1. The van der Waals surface area contributed by atoms with Gasteiger partial charge in [-0.1, -0.05) is 74.5 Å². The van der Waals surface area contributed by atoms with Crippen molar-refractivity contribution in [2.75, 3.05) is 102 Å². The first kappa shape index (κ1) is 46.4. The molecule has 60 heavy (non-hydrogen) atoms. The number of aromatic nitrogens is 1. The maximum absolute atomic E-state index is 13.5. The van der Waals surface area contributed by atoms with Crippen molar-refractivity contribution >= 4 is 40.4 Å². The molecule has 1 saturated heterocycles. The van der Waals surface area contributed by atoms with Crippen LogP contribution in [0.3, 0.4) is 0 Å². The fraction of sp³-hybridized carbons (Fsp3) is 0.478. The van der Waals surface area contributed by atoms with Crippen LogP contribution in [0.1, 0.15) is 49.4 Å². The van der Waals surface area contributed by atoms with Crippen LogP contribution < -0.4 is 10.2 Å². The topological polar surface area (TPSA) is 132 Å². The molecule has 3 aromatic carbocycles. The van der Waals surface area contributed by atoms with Crippen molar-refractivity contribution in [3.63, 3.8) is 0 Å². The summed E-state index contributed by atoms with van der Waals surface area (Å²) < 4.78 is 27.8. The summed E-state index contributed by atoms with van der Waals surface area (Å²) in [4.78, 5) is 48.7. The Hall–Kier alpha value is -4.70. The lowest BCUT2D eigenvalue weighted by molar-refractivity contribution is -0.132. The SMILES string of the molecule is Cc1cc(-c2ccc(N3CCN(C(=O)CCOCCOCCOCCOCCOCCC(C)C)CC3)cc2)ccc1CN(C=O)C(C(=O)Nc1nccs1)c1ccccc1. The molecule has 0 radical (unpaired) electrons. The molecular formula is C46H61N5O8S. The van der Waals surface area contributed by atoms with Crippen LogP contribution in [-0.2, 0) is 44.6 Å². The van der Waals surface area contributed by atoms with Crippen LogP contribution in [0.2, 0.25) is 0 Å². The highest BCUT2D eigenvalue weighted by Crippen LogP contribution is 2.29. The molecule has 1 atom stereocenters. The molecule has 4 aromatic rings. The monoisotopic (exact) mass is 843 g/mol. The standard InChI is InChI=1S/C46H61N5O8S/c1-36(2)15-22-55-24-26-57-28-30-59-31-29-58-27-25-56-23-16-43(53)50-20-18-49(19-21-50)42-13-11-38(12-14-42)40-9-10-41(37(3)33-40)34-51(35-52)44(39-7-5-4-6-8-39)45(54)48-46-47-17-32-60-46/h4-14,17,32-33,35-36,44H,15-16,18-31,34H2,1-3H3,(H,47,48,54). The number of aryl methyl sites for hydroxylation is 1. The Balaban J connectivity index is 0.971. The van der Waals surface area contributed by atoms with E-state index in [9.17, 15) is 14.4 Å². The van der Waals surface area contributed by atoms with Crippen LogP contribution in [0, 0.1) is 12.8 Å². The van der Waals surface area contributed by atoms with E-state index in [1.165, 1.54) is 16.2 Å². The van der Waals surface area contributed by atoms with Gasteiger partial charge in [0.2, 0.25) is 12.3 Å². The number of amides is 3. The second kappa shape index (κ2) is 25.8. The van der Waals surface area contributed by atoms with Gasteiger partial charge in [-0.15, -0.1) is 11.3 Å². The lowest BCUT2D eigenvalue weighted by Gasteiger charge is -2.36. The molecule has 3 amide bonds. The molecule has 1 aliphatic heterocycles. The summed E-state index contributed by atoms with van der Waals surface area (Å²) in [6.07, 6.45) is 3.78. The van der Waals surface area contributed by atoms with E-state index in [0.29, 0.717) is 95.6 Å². The fourth-order valence-electron chi connectivity index (χ4n) is 6.72. The van der Waals surface area contributed by atoms with E-state index in [1.807, 2.05) is 48.2 Å². The van der Waals surface area contributed by atoms with Gasteiger partial charge in [0.25, 0.3) is 5.91 Å². The second-order valence-corrected chi connectivity index (χ2v) is 15.9. The molecule has 0 aliphatic carbocycles. The highest BCUT2D eigenvalue weighted by molar-refractivity contribution is 7.13. The lowest BCUT2D eigenvalue weighted by atomic mass is 9.98. The van der Waals surface area contributed by atoms with Crippen LogP contribution in [0.5, 0.6) is 0 Å². The maximum atomic E-state index is 13.5. The van der Waals surface area contributed by atoms with Crippen molar-refractivity contribution < 1.29 is 38.1 Å². The number of piperazine rings is 1. The summed E-state index contributed by atoms with van der Waals surface area (Å²) in [5.41, 5.74) is 5.93. The summed E-state index contributed by atoms with van der Waals surface area (Å²) in [5, 5.41) is 5.13. The fourth-order valence-corrected chi connectivity index (χ4v) is 7.26. The Morgan fingerprint density at radius 2 is 1.38 bits per heavy atom. The molecule has 1 N–H and O–H groups in total. The Morgan fingerprint density at radius 3 is 1.95 bits per heavy atom. The van der Waals surface area contributed by atoms with Crippen molar-refractivity contribution in [2.45, 2.75) is 46.2 Å². The molecule has 0 spiro atoms. The van der Waals surface area contributed by atoms with E-state index in [0.717, 1.165) is 60.5 Å². The molecule has 1 aliphatic rings. The number of nitrogens with one attached hydrogen (secondary N) is 1. The summed E-state index contributed by atoms with van der Waals surface area (Å²) in [5.74, 6) is 0.435. The average Bonchev–Trinajstić information content (AvgIpc) is 3.78. The van der Waals surface area contributed by atoms with Gasteiger partial charge in [-0.2, -0.15) is 0 Å². The first-order valence-corrected chi connectivity index (χ1v) is 21.8. The van der Waals surface area contributed by atoms with E-state index >= 15 is 0 Å². The summed E-state index contributed by atoms with van der Waals surface area (Å²) in [7, 11) is 0. The molecule has 324 valence electrons. The average molecular weight is 844 g/mol. The van der Waals surface area contributed by atoms with Gasteiger partial charge >= 0.3 is 0 Å². The summed E-state index contributed by atoms with van der Waals surface area (Å²) in [6.45, 7) is 14.7. The molecule has 1 aromatic heterocycles. The minimum Gasteiger partial charge on any atom is -0.379 e. The number of ether oxygens (including phenoxy) is 5. The van der Waals surface area contributed by atoms with Crippen LogP contribution in [-0.4, -0.2) is 125 Å². The summed E-state index contributed by atoms with van der Waals surface area (Å²) in [6, 6.07) is 23.1. The number of hydrogen-bond acceptors (Lipinski definition) is 11. The number of rotatable bonds is 27. The normalized spacial score (nSPS) is 13.4. The zero-order chi connectivity index (χ0) is 42.4. The van der Waals surface area contributed by atoms with Gasteiger partial charge in [-0.3, -0.25) is 19.7 Å². The zero-order valence-electron chi connectivity index (χ0n) is 35.3. The zero-order valence-corrected chi connectivity index (χ0v) is 36.1. The van der Waals surface area contributed by atoms with Crippen LogP contribution in [0.25, 0.3) is 11.1 Å². The predicted molar refractivity (Wildman–Crippen MR) is 235 cm³/mol. The van der Waals surface area contributed by atoms with Crippen molar-refractivity contribution in [2.24, 2.45) is 5.92 Å². The number of benzene rings is 3. The Labute approximate surface area is 358 Å². The van der Waals surface area contributed by atoms with E-state index < -0.39 is 6.04 Å². The third-order valence-electron chi connectivity index (χ3n) is 10.2. The van der Waals surface area contributed by atoms with Gasteiger partial charge < -0.3 is 38.4 Å². The van der Waals surface area contributed by atoms with Crippen LogP contribution in [0.4, 0.5) is 10.8 Å². The van der Waals surface area contributed by atoms with E-state index in [4.69, 9.17) is 23.7 Å². The largest absolute Gasteiger partial charge is 0.379 e. The molecule has 13 nitrogen and oxygen atoms in total. The molecule has 5 rings (SSSR count). The van der Waals surface area contributed by atoms with E-state index in [2.05, 4.69) is 65.4 Å². The molecule has 0 saturated carbocycles. The number of hydrogen-bond donors (Lipinski definition) is 1. The van der Waals surface area contributed by atoms with Gasteiger partial charge in [-0.25, -0.2) is 4.98 Å². The molecule has 0 bridgehead atoms. The number of nitrogens with zero attached hydrogens (tertiary/aromatic N) is 4. The highest BCUT2D eigenvalue weighted by Gasteiger charge is 2.28. The quantitative estimate of drug-likeness (QED) is 0.0516. The van der Waals surface area contributed by atoms with E-state index in [1.54, 1.807) is 11.6 Å². The lowest BCUT2D eigenvalue weighted by Crippen LogP contribution is -2.49. The van der Waals surface area contributed by atoms with Crippen LogP contribution in [0.15, 0.2) is 84.4 Å². The van der Waals surface area contributed by atoms with Gasteiger partial charge in [0, 0.05) is 56.6 Å². The smallest absolute Gasteiger partial charge is 0.253 e. The third kappa shape index (κ3) is 15.4. The van der Waals surface area contributed by atoms with Crippen molar-refractivity contribution in [3.8, 4) is 11.1 Å². The van der Waals surface area contributed by atoms with Crippen molar-refractivity contribution in [1.82, 2.24) is 14.8 Å². The van der Waals surface area contributed by atoms with Gasteiger partial charge in [0.05, 0.1) is 65.9 Å². The molecule has 14 heteroatoms. The maximum Gasteiger partial charge on any atom is 0.253 e. The third-order valence-corrected chi connectivity index (χ3v) is 10.9. The van der Waals surface area contributed by atoms with Crippen molar-refractivity contribution in [1.29, 1.82) is 0 Å². The Morgan fingerprint density at radius 1 is 0.783 bits per heavy atom. The van der Waals surface area contributed by atoms with E-state index in [-0.39, 0.29) is 18.4 Å². The number of carbonyl (C=O) groups is 3. The highest BCUT2D eigenvalue weighted by atomic mass is 32.1. The predicted octanol–water partition coefficient (Wildman–Crippen LogP) is 6.62. The minimum absolute atomic E-state index is 0.105. The van der Waals surface area contributed by atoms with Gasteiger partial charge in [0.1, 0.15) is 6.04 Å². The number of anilines is 2. The molecule has 2 heterocycles. The number of carbonyl (C=O) groups excluding carboxylic acids is 3. The van der Waals surface area contributed by atoms with Gasteiger partial charge in [0.15, 0.2) is 5.13 Å². The van der Waals surface area contributed by atoms with Crippen molar-refractivity contribution in [3.05, 3.63) is 101 Å². The first-order valence-electron chi connectivity index (χ1n) is 20.9. The van der Waals surface area contributed by atoms with Gasteiger partial charge in [-0.05, 0) is 59.2 Å². The second-order valence-electron chi connectivity index (χ2n) is 15.0. The Bertz CT molecular complexity index is 1840. The molecular weight excluding hydrogens is 783 g/mol. The molecule has 1 fully saturated rings.